The minimum absolute atomic E-state index is 0.0655. The van der Waals surface area contributed by atoms with Gasteiger partial charge in [-0.3, -0.25) is 4.79 Å². The molecule has 2 heterocycles. The summed E-state index contributed by atoms with van der Waals surface area (Å²) in [6.45, 7) is 1.70. The number of amides is 1. The van der Waals surface area contributed by atoms with Crippen molar-refractivity contribution in [1.82, 2.24) is 10.2 Å². The molecule has 0 spiro atoms. The summed E-state index contributed by atoms with van der Waals surface area (Å²) < 4.78 is 5.27. The molecular weight excluding hydrogens is 274 g/mol. The average molecular weight is 297 g/mol. The first-order valence-corrected chi connectivity index (χ1v) is 7.76. The first kappa shape index (κ1) is 15.4. The second kappa shape index (κ2) is 6.67. The number of carbonyl (C=O) groups excluding carboxylic acids is 1. The zero-order valence-electron chi connectivity index (χ0n) is 12.1. The number of thiophene rings is 1. The number of nitrogens with zero attached hydrogens (tertiary/aromatic N) is 1. The Morgan fingerprint density at radius 2 is 2.25 bits per heavy atom. The fourth-order valence-electron chi connectivity index (χ4n) is 2.35. The summed E-state index contributed by atoms with van der Waals surface area (Å²) in [5.74, 6) is -0.0655. The fraction of sp³-hybridized carbons (Fsp3) is 0.643. The van der Waals surface area contributed by atoms with Crippen LogP contribution in [0.2, 0.25) is 0 Å². The third kappa shape index (κ3) is 3.58. The molecule has 1 aliphatic heterocycles. The minimum Gasteiger partial charge on any atom is -0.381 e. The molecule has 0 saturated carbocycles. The highest BCUT2D eigenvalue weighted by molar-refractivity contribution is 7.10. The van der Waals surface area contributed by atoms with E-state index in [1.165, 1.54) is 4.88 Å². The van der Waals surface area contributed by atoms with Crippen molar-refractivity contribution >= 4 is 17.2 Å². The normalized spacial score (nSPS) is 19.8. The Labute approximate surface area is 124 Å². The van der Waals surface area contributed by atoms with Crippen LogP contribution in [0, 0.1) is 0 Å². The highest BCUT2D eigenvalue weighted by Crippen LogP contribution is 2.23. The van der Waals surface area contributed by atoms with E-state index >= 15 is 0 Å². The van der Waals surface area contributed by atoms with Crippen LogP contribution >= 0.6 is 11.3 Å². The highest BCUT2D eigenvalue weighted by Gasteiger charge is 2.36. The van der Waals surface area contributed by atoms with Crippen LogP contribution in [0.25, 0.3) is 0 Å². The Balaban J connectivity index is 1.94. The molecule has 1 unspecified atom stereocenters. The van der Waals surface area contributed by atoms with Crippen molar-refractivity contribution in [2.75, 3.05) is 33.9 Å². The van der Waals surface area contributed by atoms with Crippen LogP contribution in [0.5, 0.6) is 0 Å². The van der Waals surface area contributed by atoms with E-state index in [-0.39, 0.29) is 11.9 Å². The lowest BCUT2D eigenvalue weighted by Crippen LogP contribution is -2.57. The van der Waals surface area contributed by atoms with E-state index in [2.05, 4.69) is 21.7 Å². The molecule has 0 aromatic carbocycles. The van der Waals surface area contributed by atoms with Crippen molar-refractivity contribution in [1.29, 1.82) is 0 Å². The maximum Gasteiger partial charge on any atom is 0.240 e. The van der Waals surface area contributed by atoms with Crippen LogP contribution in [0.3, 0.4) is 0 Å². The standard InChI is InChI=1S/C14H23N3O2S/c1-17(2)11(12-4-3-9-20-12)10-16-13(18)14(15)5-7-19-8-6-14/h3-4,9,11H,5-8,10,15H2,1-2H3,(H,16,18). The summed E-state index contributed by atoms with van der Waals surface area (Å²) >= 11 is 1.70. The number of nitrogens with two attached hydrogens (primary N) is 1. The van der Waals surface area contributed by atoms with E-state index in [9.17, 15) is 4.79 Å². The van der Waals surface area contributed by atoms with Gasteiger partial charge in [0.1, 0.15) is 0 Å². The molecule has 20 heavy (non-hydrogen) atoms. The molecule has 1 saturated heterocycles. The Kier molecular flexibility index (Phi) is 5.15. The number of hydrogen-bond donors (Lipinski definition) is 2. The van der Waals surface area contributed by atoms with Crippen LogP contribution in [-0.4, -0.2) is 50.2 Å². The van der Waals surface area contributed by atoms with Gasteiger partial charge in [-0.1, -0.05) is 6.07 Å². The number of likely N-dealkylation sites (N-methyl/N-ethyl adjacent to an activating group) is 1. The molecule has 0 bridgehead atoms. The number of nitrogens with one attached hydrogen (secondary N) is 1. The quantitative estimate of drug-likeness (QED) is 0.850. The largest absolute Gasteiger partial charge is 0.381 e. The molecule has 1 aromatic rings. The van der Waals surface area contributed by atoms with Crippen LogP contribution in [0.1, 0.15) is 23.8 Å². The molecule has 0 aliphatic carbocycles. The summed E-state index contributed by atoms with van der Waals surface area (Å²) in [6, 6.07) is 4.30. The van der Waals surface area contributed by atoms with Crippen molar-refractivity contribution in [3.8, 4) is 0 Å². The predicted molar refractivity (Wildman–Crippen MR) is 80.7 cm³/mol. The number of ether oxygens (including phenoxy) is 1. The SMILES string of the molecule is CN(C)C(CNC(=O)C1(N)CCOCC1)c1cccs1. The second-order valence-corrected chi connectivity index (χ2v) is 6.45. The molecule has 2 rings (SSSR count). The van der Waals surface area contributed by atoms with Gasteiger partial charge in [-0.15, -0.1) is 11.3 Å². The average Bonchev–Trinajstić information content (AvgIpc) is 2.93. The smallest absolute Gasteiger partial charge is 0.240 e. The molecule has 1 amide bonds. The summed E-state index contributed by atoms with van der Waals surface area (Å²) in [4.78, 5) is 15.7. The maximum absolute atomic E-state index is 12.3. The van der Waals surface area contributed by atoms with Crippen molar-refractivity contribution in [3.63, 3.8) is 0 Å². The molecule has 5 nitrogen and oxygen atoms in total. The molecule has 1 fully saturated rings. The number of hydrogen-bond acceptors (Lipinski definition) is 5. The molecule has 1 aromatic heterocycles. The van der Waals surface area contributed by atoms with Crippen LogP contribution < -0.4 is 11.1 Å². The van der Waals surface area contributed by atoms with Crippen LogP contribution in [0.15, 0.2) is 17.5 Å². The second-order valence-electron chi connectivity index (χ2n) is 5.47. The first-order valence-electron chi connectivity index (χ1n) is 6.88. The molecule has 112 valence electrons. The Hall–Kier alpha value is -0.950. The maximum atomic E-state index is 12.3. The molecule has 0 radical (unpaired) electrons. The van der Waals surface area contributed by atoms with Gasteiger partial charge in [0.2, 0.25) is 5.91 Å². The van der Waals surface area contributed by atoms with Crippen molar-refractivity contribution < 1.29 is 9.53 Å². The first-order chi connectivity index (χ1) is 9.53. The number of rotatable bonds is 5. The van der Waals surface area contributed by atoms with Crippen molar-refractivity contribution in [2.24, 2.45) is 5.73 Å². The zero-order valence-corrected chi connectivity index (χ0v) is 12.9. The van der Waals surface area contributed by atoms with Gasteiger partial charge in [-0.25, -0.2) is 0 Å². The molecule has 1 aliphatic rings. The van der Waals surface area contributed by atoms with Gasteiger partial charge in [0, 0.05) is 24.6 Å². The Morgan fingerprint density at radius 3 is 2.80 bits per heavy atom. The Bertz CT molecular complexity index is 428. The van der Waals surface area contributed by atoms with E-state index in [1.807, 2.05) is 20.2 Å². The Morgan fingerprint density at radius 1 is 1.55 bits per heavy atom. The van der Waals surface area contributed by atoms with Crippen molar-refractivity contribution in [2.45, 2.75) is 24.4 Å². The van der Waals surface area contributed by atoms with E-state index in [0.717, 1.165) is 0 Å². The van der Waals surface area contributed by atoms with Gasteiger partial charge in [0.25, 0.3) is 0 Å². The summed E-state index contributed by atoms with van der Waals surface area (Å²) in [7, 11) is 4.03. The number of carbonyl (C=O) groups is 1. The van der Waals surface area contributed by atoms with E-state index in [0.29, 0.717) is 32.6 Å². The topological polar surface area (TPSA) is 67.6 Å². The summed E-state index contributed by atoms with van der Waals surface area (Å²) in [5.41, 5.74) is 5.41. The lowest BCUT2D eigenvalue weighted by molar-refractivity contribution is -0.130. The van der Waals surface area contributed by atoms with Gasteiger partial charge in [0.05, 0.1) is 11.6 Å². The predicted octanol–water partition coefficient (Wildman–Crippen LogP) is 0.975. The highest BCUT2D eigenvalue weighted by atomic mass is 32.1. The molecule has 6 heteroatoms. The third-order valence-corrected chi connectivity index (χ3v) is 4.76. The van der Waals surface area contributed by atoms with Gasteiger partial charge in [-0.05, 0) is 38.4 Å². The van der Waals surface area contributed by atoms with Gasteiger partial charge >= 0.3 is 0 Å². The molecule has 1 atom stereocenters. The van der Waals surface area contributed by atoms with Crippen LogP contribution in [0.4, 0.5) is 0 Å². The lowest BCUT2D eigenvalue weighted by Gasteiger charge is -2.33. The van der Waals surface area contributed by atoms with Crippen LogP contribution in [-0.2, 0) is 9.53 Å². The van der Waals surface area contributed by atoms with Gasteiger partial charge in [0.15, 0.2) is 0 Å². The summed E-state index contributed by atoms with van der Waals surface area (Å²) in [5, 5.41) is 5.06. The molecule has 3 N–H and O–H groups in total. The van der Waals surface area contributed by atoms with E-state index in [1.54, 1.807) is 11.3 Å². The minimum atomic E-state index is -0.773. The third-order valence-electron chi connectivity index (χ3n) is 3.79. The summed E-state index contributed by atoms with van der Waals surface area (Å²) in [6.07, 6.45) is 1.18. The monoisotopic (exact) mass is 297 g/mol. The van der Waals surface area contributed by atoms with Gasteiger partial charge < -0.3 is 20.7 Å². The zero-order chi connectivity index (χ0) is 14.6. The molecular formula is C14H23N3O2S. The van der Waals surface area contributed by atoms with Gasteiger partial charge in [-0.2, -0.15) is 0 Å². The fourth-order valence-corrected chi connectivity index (χ4v) is 3.27. The van der Waals surface area contributed by atoms with Crippen molar-refractivity contribution in [3.05, 3.63) is 22.4 Å². The van der Waals surface area contributed by atoms with E-state index < -0.39 is 5.54 Å². The van der Waals surface area contributed by atoms with E-state index in [4.69, 9.17) is 10.5 Å². The lowest BCUT2D eigenvalue weighted by atomic mass is 9.90.